The first kappa shape index (κ1) is 16.2. The Balaban J connectivity index is 2.07. The van der Waals surface area contributed by atoms with E-state index in [0.717, 1.165) is 18.2 Å². The monoisotopic (exact) mass is 372 g/mol. The normalized spacial score (nSPS) is 10.4. The second-order valence-electron chi connectivity index (χ2n) is 4.25. The highest BCUT2D eigenvalue weighted by atomic mass is 79.9. The van der Waals surface area contributed by atoms with Gasteiger partial charge in [0, 0.05) is 4.47 Å². The van der Waals surface area contributed by atoms with Crippen molar-refractivity contribution in [1.82, 2.24) is 0 Å². The van der Waals surface area contributed by atoms with Gasteiger partial charge in [0.1, 0.15) is 17.5 Å². The van der Waals surface area contributed by atoms with Gasteiger partial charge in [0.25, 0.3) is 0 Å². The molecule has 3 nitrogen and oxygen atoms in total. The molecular formula is C15H8BrF3O3. The van der Waals surface area contributed by atoms with Crippen molar-refractivity contribution in [3.05, 3.63) is 69.4 Å². The van der Waals surface area contributed by atoms with Crippen LogP contribution in [0.25, 0.3) is 0 Å². The first-order valence-corrected chi connectivity index (χ1v) is 6.78. The fourth-order valence-electron chi connectivity index (χ4n) is 1.65. The summed E-state index contributed by atoms with van der Waals surface area (Å²) in [6.07, 6.45) is 0. The molecule has 0 bridgehead atoms. The lowest BCUT2D eigenvalue weighted by Gasteiger charge is -2.06. The molecule has 2 rings (SSSR count). The first-order chi connectivity index (χ1) is 10.4. The van der Waals surface area contributed by atoms with Crippen LogP contribution in [-0.4, -0.2) is 18.4 Å². The topological polar surface area (TPSA) is 43.4 Å². The Morgan fingerprint density at radius 3 is 2.36 bits per heavy atom. The van der Waals surface area contributed by atoms with Crippen LogP contribution in [0, 0.1) is 17.5 Å². The molecule has 0 aliphatic rings. The highest BCUT2D eigenvalue weighted by molar-refractivity contribution is 9.10. The molecule has 0 heterocycles. The van der Waals surface area contributed by atoms with Gasteiger partial charge in [0.2, 0.25) is 5.78 Å². The third kappa shape index (κ3) is 3.73. The van der Waals surface area contributed by atoms with Gasteiger partial charge in [-0.3, -0.25) is 4.79 Å². The van der Waals surface area contributed by atoms with Gasteiger partial charge in [-0.05, 0) is 36.4 Å². The van der Waals surface area contributed by atoms with Gasteiger partial charge in [-0.1, -0.05) is 15.9 Å². The predicted octanol–water partition coefficient (Wildman–Crippen LogP) is 3.91. The molecular weight excluding hydrogens is 365 g/mol. The van der Waals surface area contributed by atoms with E-state index in [2.05, 4.69) is 20.7 Å². The van der Waals surface area contributed by atoms with E-state index in [0.29, 0.717) is 10.5 Å². The van der Waals surface area contributed by atoms with E-state index < -0.39 is 41.4 Å². The summed E-state index contributed by atoms with van der Waals surface area (Å²) in [5.74, 6) is -4.56. The largest absolute Gasteiger partial charge is 0.454 e. The zero-order valence-electron chi connectivity index (χ0n) is 10.9. The highest BCUT2D eigenvalue weighted by Gasteiger charge is 2.18. The fraction of sp³-hybridized carbons (Fsp3) is 0.0667. The molecule has 0 aliphatic carbocycles. The van der Waals surface area contributed by atoms with Crippen molar-refractivity contribution in [2.45, 2.75) is 0 Å². The van der Waals surface area contributed by atoms with Crippen LogP contribution < -0.4 is 0 Å². The minimum absolute atomic E-state index is 0.365. The van der Waals surface area contributed by atoms with E-state index in [-0.39, 0.29) is 5.56 Å². The van der Waals surface area contributed by atoms with E-state index in [4.69, 9.17) is 0 Å². The van der Waals surface area contributed by atoms with Crippen LogP contribution >= 0.6 is 15.9 Å². The Bertz CT molecular complexity index is 747. The molecule has 0 amide bonds. The van der Waals surface area contributed by atoms with Gasteiger partial charge in [-0.25, -0.2) is 18.0 Å². The summed E-state index contributed by atoms with van der Waals surface area (Å²) in [4.78, 5) is 23.4. The molecule has 2 aromatic rings. The quantitative estimate of drug-likeness (QED) is 0.603. The van der Waals surface area contributed by atoms with Crippen LogP contribution in [0.4, 0.5) is 13.2 Å². The smallest absolute Gasteiger partial charge is 0.341 e. The van der Waals surface area contributed by atoms with E-state index in [9.17, 15) is 22.8 Å². The number of Topliss-reactive ketones (excluding diaryl/α,β-unsaturated/α-hetero) is 1. The molecule has 0 radical (unpaired) electrons. The van der Waals surface area contributed by atoms with Crippen molar-refractivity contribution in [3.8, 4) is 0 Å². The number of ether oxygens (including phenoxy) is 1. The maximum Gasteiger partial charge on any atom is 0.341 e. The number of benzene rings is 2. The Morgan fingerprint density at radius 2 is 1.68 bits per heavy atom. The van der Waals surface area contributed by atoms with E-state index >= 15 is 0 Å². The van der Waals surface area contributed by atoms with Crippen LogP contribution in [-0.2, 0) is 4.74 Å². The SMILES string of the molecule is O=C(COC(=O)c1ccc(Br)cc1F)c1cc(F)ccc1F. The van der Waals surface area contributed by atoms with Gasteiger partial charge in [-0.2, -0.15) is 0 Å². The lowest BCUT2D eigenvalue weighted by Crippen LogP contribution is -2.16. The molecule has 114 valence electrons. The first-order valence-electron chi connectivity index (χ1n) is 5.99. The standard InChI is InChI=1S/C15H8BrF3O3/c16-8-1-3-10(13(19)5-8)15(21)22-7-14(20)11-6-9(17)2-4-12(11)18/h1-6H,7H2. The van der Waals surface area contributed by atoms with Crippen molar-refractivity contribution in [3.63, 3.8) is 0 Å². The van der Waals surface area contributed by atoms with Crippen LogP contribution in [0.2, 0.25) is 0 Å². The van der Waals surface area contributed by atoms with Crippen molar-refractivity contribution in [1.29, 1.82) is 0 Å². The predicted molar refractivity (Wildman–Crippen MR) is 75.1 cm³/mol. The summed E-state index contributed by atoms with van der Waals surface area (Å²) >= 11 is 3.03. The maximum atomic E-state index is 13.5. The molecule has 0 unspecified atom stereocenters. The van der Waals surface area contributed by atoms with Gasteiger partial charge >= 0.3 is 5.97 Å². The van der Waals surface area contributed by atoms with Crippen molar-refractivity contribution < 1.29 is 27.5 Å². The minimum Gasteiger partial charge on any atom is -0.454 e. The molecule has 0 N–H and O–H groups in total. The number of ketones is 1. The van der Waals surface area contributed by atoms with E-state index in [1.54, 1.807) is 0 Å². The second-order valence-corrected chi connectivity index (χ2v) is 5.16. The fourth-order valence-corrected chi connectivity index (χ4v) is 1.99. The van der Waals surface area contributed by atoms with Crippen LogP contribution in [0.1, 0.15) is 20.7 Å². The van der Waals surface area contributed by atoms with Crippen molar-refractivity contribution in [2.75, 3.05) is 6.61 Å². The molecule has 0 saturated carbocycles. The molecule has 0 atom stereocenters. The maximum absolute atomic E-state index is 13.5. The lowest BCUT2D eigenvalue weighted by molar-refractivity contribution is 0.0469. The summed E-state index contributed by atoms with van der Waals surface area (Å²) in [6, 6.07) is 6.01. The zero-order chi connectivity index (χ0) is 16.3. The van der Waals surface area contributed by atoms with Gasteiger partial charge < -0.3 is 4.74 Å². The molecule has 0 saturated heterocycles. The number of carbonyl (C=O) groups excluding carboxylic acids is 2. The molecule has 0 aromatic heterocycles. The molecule has 22 heavy (non-hydrogen) atoms. The number of rotatable bonds is 4. The van der Waals surface area contributed by atoms with E-state index in [1.807, 2.05) is 0 Å². The average Bonchev–Trinajstić information content (AvgIpc) is 2.47. The molecule has 0 fully saturated rings. The third-order valence-electron chi connectivity index (χ3n) is 2.71. The van der Waals surface area contributed by atoms with Gasteiger partial charge in [0.15, 0.2) is 6.61 Å². The lowest BCUT2D eigenvalue weighted by atomic mass is 10.1. The van der Waals surface area contributed by atoms with Crippen LogP contribution in [0.5, 0.6) is 0 Å². The number of esters is 1. The minimum atomic E-state index is -1.07. The molecule has 0 spiro atoms. The number of hydrogen-bond acceptors (Lipinski definition) is 3. The van der Waals surface area contributed by atoms with Crippen LogP contribution in [0.3, 0.4) is 0 Å². The summed E-state index contributed by atoms with van der Waals surface area (Å²) in [5, 5.41) is 0. The summed E-state index contributed by atoms with van der Waals surface area (Å²) in [7, 11) is 0. The Morgan fingerprint density at radius 1 is 0.955 bits per heavy atom. The molecule has 7 heteroatoms. The number of hydrogen-bond donors (Lipinski definition) is 0. The van der Waals surface area contributed by atoms with Gasteiger partial charge in [-0.15, -0.1) is 0 Å². The van der Waals surface area contributed by atoms with Crippen LogP contribution in [0.15, 0.2) is 40.9 Å². The average molecular weight is 373 g/mol. The summed E-state index contributed by atoms with van der Waals surface area (Å²) in [5.41, 5.74) is -0.903. The zero-order valence-corrected chi connectivity index (χ0v) is 12.5. The van der Waals surface area contributed by atoms with Gasteiger partial charge in [0.05, 0.1) is 11.1 Å². The third-order valence-corrected chi connectivity index (χ3v) is 3.21. The Kier molecular flexibility index (Phi) is 4.97. The Hall–Kier alpha value is -2.15. The molecule has 2 aromatic carbocycles. The summed E-state index contributed by atoms with van der Waals surface area (Å²) < 4.78 is 45.0. The summed E-state index contributed by atoms with van der Waals surface area (Å²) in [6.45, 7) is -0.825. The van der Waals surface area contributed by atoms with E-state index in [1.165, 1.54) is 12.1 Å². The number of carbonyl (C=O) groups is 2. The van der Waals surface area contributed by atoms with Crippen molar-refractivity contribution >= 4 is 27.7 Å². The number of halogens is 4. The molecule has 0 aliphatic heterocycles. The Labute approximate surface area is 131 Å². The highest BCUT2D eigenvalue weighted by Crippen LogP contribution is 2.16. The van der Waals surface area contributed by atoms with Crippen molar-refractivity contribution in [2.24, 2.45) is 0 Å². The second kappa shape index (κ2) is 6.74.